The number of hydrogen-bond donors (Lipinski definition) is 3. The topological polar surface area (TPSA) is 50.1 Å². The molecular formula is C9H17N3. The third kappa shape index (κ3) is 6.89. The zero-order valence-electron chi connectivity index (χ0n) is 7.56. The molecule has 0 aromatic carbocycles. The van der Waals surface area contributed by atoms with Crippen LogP contribution in [-0.4, -0.2) is 20.1 Å². The number of likely N-dealkylation sites (N-methyl/N-ethyl adjacent to an activating group) is 1. The van der Waals surface area contributed by atoms with E-state index in [1.54, 1.807) is 12.2 Å². The summed E-state index contributed by atoms with van der Waals surface area (Å²) in [6.45, 7) is 9.08. The van der Waals surface area contributed by atoms with E-state index in [9.17, 15) is 0 Å². The first-order chi connectivity index (χ1) is 5.66. The van der Waals surface area contributed by atoms with Crippen LogP contribution in [0.1, 0.15) is 0 Å². The Morgan fingerprint density at radius 3 is 2.50 bits per heavy atom. The molecule has 0 aliphatic rings. The van der Waals surface area contributed by atoms with Crippen molar-refractivity contribution in [2.75, 3.05) is 20.1 Å². The molecule has 0 rings (SSSR count). The average molecular weight is 167 g/mol. The first-order valence-corrected chi connectivity index (χ1v) is 3.86. The van der Waals surface area contributed by atoms with Gasteiger partial charge in [0.15, 0.2) is 0 Å². The van der Waals surface area contributed by atoms with Crippen LogP contribution >= 0.6 is 0 Å². The summed E-state index contributed by atoms with van der Waals surface area (Å²) in [5, 5.41) is 6.12. The Labute approximate surface area is 74.0 Å². The van der Waals surface area contributed by atoms with Crippen molar-refractivity contribution < 1.29 is 0 Å². The molecule has 0 aromatic heterocycles. The second-order valence-corrected chi connectivity index (χ2v) is 2.46. The normalized spacial score (nSPS) is 10.1. The van der Waals surface area contributed by atoms with Gasteiger partial charge in [0.2, 0.25) is 0 Å². The second-order valence-electron chi connectivity index (χ2n) is 2.46. The van der Waals surface area contributed by atoms with Gasteiger partial charge in [0, 0.05) is 24.5 Å². The summed E-state index contributed by atoms with van der Waals surface area (Å²) in [5.41, 5.74) is 6.71. The van der Waals surface area contributed by atoms with Crippen LogP contribution in [0.2, 0.25) is 0 Å². The van der Waals surface area contributed by atoms with Gasteiger partial charge in [-0.05, 0) is 19.2 Å². The van der Waals surface area contributed by atoms with Crippen LogP contribution in [0.5, 0.6) is 0 Å². The molecule has 4 N–H and O–H groups in total. The van der Waals surface area contributed by atoms with E-state index in [4.69, 9.17) is 5.73 Å². The van der Waals surface area contributed by atoms with E-state index in [2.05, 4.69) is 23.8 Å². The fraction of sp³-hybridized carbons (Fsp3) is 0.333. The summed E-state index contributed by atoms with van der Waals surface area (Å²) in [5.74, 6) is 0. The van der Waals surface area contributed by atoms with Gasteiger partial charge in [-0.2, -0.15) is 0 Å². The lowest BCUT2D eigenvalue weighted by atomic mass is 10.3. The molecule has 3 nitrogen and oxygen atoms in total. The van der Waals surface area contributed by atoms with Gasteiger partial charge in [-0.15, -0.1) is 0 Å². The predicted octanol–water partition coefficient (Wildman–Crippen LogP) is 0.338. The lowest BCUT2D eigenvalue weighted by molar-refractivity contribution is 0.727. The largest absolute Gasteiger partial charge is 0.399 e. The van der Waals surface area contributed by atoms with Crippen molar-refractivity contribution in [1.29, 1.82) is 0 Å². The van der Waals surface area contributed by atoms with Crippen molar-refractivity contribution in [1.82, 2.24) is 10.6 Å². The van der Waals surface area contributed by atoms with Crippen LogP contribution in [0.25, 0.3) is 0 Å². The zero-order chi connectivity index (χ0) is 9.40. The first-order valence-electron chi connectivity index (χ1n) is 3.86. The Balaban J connectivity index is 3.53. The Hall–Kier alpha value is -1.22. The second kappa shape index (κ2) is 6.49. The van der Waals surface area contributed by atoms with E-state index in [-0.39, 0.29) is 0 Å². The van der Waals surface area contributed by atoms with Gasteiger partial charge < -0.3 is 16.4 Å². The van der Waals surface area contributed by atoms with Gasteiger partial charge in [-0.1, -0.05) is 13.2 Å². The van der Waals surface area contributed by atoms with Gasteiger partial charge in [-0.3, -0.25) is 0 Å². The molecule has 0 aliphatic carbocycles. The minimum atomic E-state index is 0.534. The average Bonchev–Trinajstić information content (AvgIpc) is 2.01. The molecule has 0 heterocycles. The highest BCUT2D eigenvalue weighted by molar-refractivity contribution is 5.20. The fourth-order valence-electron chi connectivity index (χ4n) is 0.615. The van der Waals surface area contributed by atoms with Crippen LogP contribution in [0.15, 0.2) is 36.7 Å². The summed E-state index contributed by atoms with van der Waals surface area (Å²) < 4.78 is 0. The highest BCUT2D eigenvalue weighted by atomic mass is 14.9. The van der Waals surface area contributed by atoms with E-state index < -0.39 is 0 Å². The van der Waals surface area contributed by atoms with Crippen molar-refractivity contribution in [3.63, 3.8) is 0 Å². The lowest BCUT2D eigenvalue weighted by Gasteiger charge is -2.04. The maximum atomic E-state index is 5.33. The predicted molar refractivity (Wildman–Crippen MR) is 53.5 cm³/mol. The summed E-state index contributed by atoms with van der Waals surface area (Å²) in [6.07, 6.45) is 3.52. The smallest absolute Gasteiger partial charge is 0.0271 e. The molecular weight excluding hydrogens is 150 g/mol. The van der Waals surface area contributed by atoms with Crippen LogP contribution < -0.4 is 16.4 Å². The Bertz CT molecular complexity index is 182. The van der Waals surface area contributed by atoms with Crippen LogP contribution in [0, 0.1) is 0 Å². The molecule has 0 spiro atoms. The quantitative estimate of drug-likeness (QED) is 0.395. The number of nitrogens with one attached hydrogen (secondary N) is 2. The van der Waals surface area contributed by atoms with Crippen molar-refractivity contribution in [3.8, 4) is 0 Å². The van der Waals surface area contributed by atoms with Gasteiger partial charge >= 0.3 is 0 Å². The highest BCUT2D eigenvalue weighted by Crippen LogP contribution is 1.88. The van der Waals surface area contributed by atoms with Crippen LogP contribution in [-0.2, 0) is 0 Å². The van der Waals surface area contributed by atoms with E-state index in [1.807, 2.05) is 7.05 Å². The van der Waals surface area contributed by atoms with Gasteiger partial charge in [0.25, 0.3) is 0 Å². The first kappa shape index (κ1) is 10.8. The molecule has 0 aromatic rings. The van der Waals surface area contributed by atoms with Crippen molar-refractivity contribution in [2.24, 2.45) is 5.73 Å². The van der Waals surface area contributed by atoms with E-state index in [1.165, 1.54) is 0 Å². The molecule has 0 fully saturated rings. The van der Waals surface area contributed by atoms with Crippen LogP contribution in [0.3, 0.4) is 0 Å². The standard InChI is InChI=1S/C9H17N3/c1-8(10)4-5-9(2)12-7-6-11-3/h4-5,11-12H,1-2,6-7,10H2,3H3/b5-4-. The number of allylic oxidation sites excluding steroid dienone is 2. The van der Waals surface area contributed by atoms with E-state index in [0.717, 1.165) is 18.8 Å². The van der Waals surface area contributed by atoms with Crippen molar-refractivity contribution >= 4 is 0 Å². The molecule has 0 amide bonds. The van der Waals surface area contributed by atoms with Gasteiger partial charge in [0.1, 0.15) is 0 Å². The van der Waals surface area contributed by atoms with Crippen LogP contribution in [0.4, 0.5) is 0 Å². The SMILES string of the molecule is C=C(N)/C=C\C(=C)NCCNC. The Morgan fingerprint density at radius 1 is 1.33 bits per heavy atom. The minimum absolute atomic E-state index is 0.534. The molecule has 0 bridgehead atoms. The lowest BCUT2D eigenvalue weighted by Crippen LogP contribution is -2.23. The van der Waals surface area contributed by atoms with Gasteiger partial charge in [-0.25, -0.2) is 0 Å². The number of rotatable bonds is 6. The Morgan fingerprint density at radius 2 is 2.00 bits per heavy atom. The highest BCUT2D eigenvalue weighted by Gasteiger charge is 1.85. The molecule has 3 heteroatoms. The summed E-state index contributed by atoms with van der Waals surface area (Å²) >= 11 is 0. The molecule has 0 saturated carbocycles. The molecule has 68 valence electrons. The van der Waals surface area contributed by atoms with Crippen molar-refractivity contribution in [2.45, 2.75) is 0 Å². The maximum Gasteiger partial charge on any atom is 0.0271 e. The molecule has 0 atom stereocenters. The molecule has 0 aliphatic heterocycles. The third-order valence-electron chi connectivity index (χ3n) is 1.23. The third-order valence-corrected chi connectivity index (χ3v) is 1.23. The summed E-state index contributed by atoms with van der Waals surface area (Å²) in [4.78, 5) is 0. The van der Waals surface area contributed by atoms with E-state index in [0.29, 0.717) is 5.70 Å². The molecule has 0 unspecified atom stereocenters. The monoisotopic (exact) mass is 167 g/mol. The molecule has 0 saturated heterocycles. The van der Waals surface area contributed by atoms with Gasteiger partial charge in [0.05, 0.1) is 0 Å². The van der Waals surface area contributed by atoms with E-state index >= 15 is 0 Å². The zero-order valence-corrected chi connectivity index (χ0v) is 7.56. The van der Waals surface area contributed by atoms with Crippen molar-refractivity contribution in [3.05, 3.63) is 36.7 Å². The maximum absolute atomic E-state index is 5.33. The summed E-state index contributed by atoms with van der Waals surface area (Å²) in [6, 6.07) is 0. The molecule has 12 heavy (non-hydrogen) atoms. The minimum Gasteiger partial charge on any atom is -0.399 e. The number of hydrogen-bond acceptors (Lipinski definition) is 3. The fourth-order valence-corrected chi connectivity index (χ4v) is 0.615. The Kier molecular flexibility index (Phi) is 5.83. The summed E-state index contributed by atoms with van der Waals surface area (Å²) in [7, 11) is 1.90. The number of nitrogens with two attached hydrogens (primary N) is 1. The molecule has 0 radical (unpaired) electrons.